The molecule has 1 atom stereocenters. The predicted molar refractivity (Wildman–Crippen MR) is 86.2 cm³/mol. The van der Waals surface area contributed by atoms with E-state index in [-0.39, 0.29) is 30.3 Å². The smallest absolute Gasteiger partial charge is 0.347 e. The van der Waals surface area contributed by atoms with Gasteiger partial charge >= 0.3 is 5.97 Å². The summed E-state index contributed by atoms with van der Waals surface area (Å²) in [5.74, 6) is -0.633. The number of aliphatic hydroxyl groups is 1. The third-order valence-corrected chi connectivity index (χ3v) is 3.58. The second kappa shape index (κ2) is 8.47. The van der Waals surface area contributed by atoms with E-state index in [2.05, 4.69) is 0 Å². The van der Waals surface area contributed by atoms with E-state index in [9.17, 15) is 19.8 Å². The molecule has 0 aliphatic rings. The zero-order valence-electron chi connectivity index (χ0n) is 14.2. The van der Waals surface area contributed by atoms with Crippen molar-refractivity contribution in [2.75, 3.05) is 20.3 Å². The van der Waals surface area contributed by atoms with E-state index in [0.717, 1.165) is 12.3 Å². The van der Waals surface area contributed by atoms with Crippen LogP contribution in [0.5, 0.6) is 11.5 Å². The predicted octanol–water partition coefficient (Wildman–Crippen LogP) is 1.65. The number of allylic oxidation sites excluding steroid dienone is 1. The summed E-state index contributed by atoms with van der Waals surface area (Å²) >= 11 is 0. The van der Waals surface area contributed by atoms with E-state index in [1.54, 1.807) is 20.8 Å². The van der Waals surface area contributed by atoms with Crippen LogP contribution >= 0.6 is 0 Å². The SMILES string of the molecule is CO[C@@](C)(CO)COc1c(C)c(O)cc(C)c1C(=O)O/C=C/C=O. The number of phenolic OH excluding ortho intramolecular Hbond substituents is 1. The normalized spacial score (nSPS) is 13.5. The summed E-state index contributed by atoms with van der Waals surface area (Å²) in [4.78, 5) is 22.5. The molecule has 1 aromatic rings. The molecule has 0 amide bonds. The average molecular weight is 338 g/mol. The van der Waals surface area contributed by atoms with Gasteiger partial charge in [0.1, 0.15) is 35.6 Å². The molecule has 0 radical (unpaired) electrons. The van der Waals surface area contributed by atoms with Crippen molar-refractivity contribution in [2.24, 2.45) is 0 Å². The maximum atomic E-state index is 12.3. The molecule has 0 spiro atoms. The zero-order valence-corrected chi connectivity index (χ0v) is 14.2. The summed E-state index contributed by atoms with van der Waals surface area (Å²) in [7, 11) is 1.43. The molecule has 7 heteroatoms. The third-order valence-electron chi connectivity index (χ3n) is 3.58. The lowest BCUT2D eigenvalue weighted by Gasteiger charge is -2.27. The van der Waals surface area contributed by atoms with E-state index in [4.69, 9.17) is 14.2 Å². The molecule has 0 fully saturated rings. The molecule has 24 heavy (non-hydrogen) atoms. The monoisotopic (exact) mass is 338 g/mol. The minimum Gasteiger partial charge on any atom is -0.508 e. The summed E-state index contributed by atoms with van der Waals surface area (Å²) in [6.45, 7) is 4.51. The van der Waals surface area contributed by atoms with Crippen molar-refractivity contribution >= 4 is 12.3 Å². The van der Waals surface area contributed by atoms with Gasteiger partial charge in [0.25, 0.3) is 0 Å². The van der Waals surface area contributed by atoms with E-state index >= 15 is 0 Å². The van der Waals surface area contributed by atoms with Crippen LogP contribution in [0.4, 0.5) is 0 Å². The Hall–Kier alpha value is -2.38. The van der Waals surface area contributed by atoms with E-state index < -0.39 is 11.6 Å². The first-order valence-electron chi connectivity index (χ1n) is 7.23. The van der Waals surface area contributed by atoms with Gasteiger partial charge in [0.05, 0.1) is 12.9 Å². The highest BCUT2D eigenvalue weighted by molar-refractivity contribution is 5.95. The van der Waals surface area contributed by atoms with Crippen LogP contribution in [0, 0.1) is 13.8 Å². The van der Waals surface area contributed by atoms with Gasteiger partial charge < -0.3 is 24.4 Å². The number of aliphatic hydroxyl groups excluding tert-OH is 1. The molecule has 0 aliphatic carbocycles. The highest BCUT2D eigenvalue weighted by atomic mass is 16.5. The Kier molecular flexibility index (Phi) is 6.94. The van der Waals surface area contributed by atoms with Crippen LogP contribution in [0.1, 0.15) is 28.4 Å². The van der Waals surface area contributed by atoms with Gasteiger partial charge in [-0.1, -0.05) is 0 Å². The van der Waals surface area contributed by atoms with E-state index in [1.807, 2.05) is 0 Å². The first-order chi connectivity index (χ1) is 11.3. The topological polar surface area (TPSA) is 102 Å². The molecule has 0 bridgehead atoms. The van der Waals surface area contributed by atoms with Crippen molar-refractivity contribution in [1.82, 2.24) is 0 Å². The Morgan fingerprint density at radius 2 is 2.04 bits per heavy atom. The van der Waals surface area contributed by atoms with Crippen molar-refractivity contribution in [1.29, 1.82) is 0 Å². The van der Waals surface area contributed by atoms with Gasteiger partial charge in [-0.3, -0.25) is 4.79 Å². The fourth-order valence-corrected chi connectivity index (χ4v) is 1.89. The Balaban J connectivity index is 3.23. The molecule has 0 saturated heterocycles. The summed E-state index contributed by atoms with van der Waals surface area (Å²) in [5.41, 5.74) is -0.0500. The molecule has 0 unspecified atom stereocenters. The van der Waals surface area contributed by atoms with Crippen LogP contribution in [0.3, 0.4) is 0 Å². The fraction of sp³-hybridized carbons (Fsp3) is 0.412. The second-order valence-electron chi connectivity index (χ2n) is 5.51. The Labute approximate surface area is 140 Å². The number of hydrogen-bond donors (Lipinski definition) is 2. The van der Waals surface area contributed by atoms with Gasteiger partial charge in [0.2, 0.25) is 0 Å². The van der Waals surface area contributed by atoms with Crippen molar-refractivity contribution in [3.63, 3.8) is 0 Å². The summed E-state index contributed by atoms with van der Waals surface area (Å²) in [5, 5.41) is 19.3. The first-order valence-corrected chi connectivity index (χ1v) is 7.23. The Morgan fingerprint density at radius 3 is 2.58 bits per heavy atom. The average Bonchev–Trinajstić information content (AvgIpc) is 2.56. The Morgan fingerprint density at radius 1 is 1.38 bits per heavy atom. The summed E-state index contributed by atoms with van der Waals surface area (Å²) in [6, 6.07) is 1.42. The van der Waals surface area contributed by atoms with E-state index in [1.165, 1.54) is 13.2 Å². The van der Waals surface area contributed by atoms with Crippen molar-refractivity contribution < 1.29 is 34.0 Å². The number of aldehydes is 1. The maximum Gasteiger partial charge on any atom is 0.347 e. The molecule has 0 aromatic heterocycles. The van der Waals surface area contributed by atoms with Crippen molar-refractivity contribution in [3.8, 4) is 11.5 Å². The van der Waals surface area contributed by atoms with Crippen LogP contribution in [-0.4, -0.2) is 48.4 Å². The number of carbonyl (C=O) groups excluding carboxylic acids is 2. The van der Waals surface area contributed by atoms with Crippen molar-refractivity contribution in [2.45, 2.75) is 26.4 Å². The lowest BCUT2D eigenvalue weighted by atomic mass is 10.0. The highest BCUT2D eigenvalue weighted by Crippen LogP contribution is 2.35. The van der Waals surface area contributed by atoms with Crippen LogP contribution in [0.2, 0.25) is 0 Å². The number of benzene rings is 1. The molecule has 1 aromatic carbocycles. The van der Waals surface area contributed by atoms with Gasteiger partial charge in [-0.2, -0.15) is 0 Å². The van der Waals surface area contributed by atoms with Gasteiger partial charge in [0, 0.05) is 18.7 Å². The number of methoxy groups -OCH3 is 1. The molecule has 7 nitrogen and oxygen atoms in total. The molecular weight excluding hydrogens is 316 g/mol. The van der Waals surface area contributed by atoms with Crippen LogP contribution in [0.25, 0.3) is 0 Å². The maximum absolute atomic E-state index is 12.3. The fourth-order valence-electron chi connectivity index (χ4n) is 1.89. The molecule has 0 heterocycles. The largest absolute Gasteiger partial charge is 0.508 e. The number of aryl methyl sites for hydroxylation is 1. The number of ether oxygens (including phenoxy) is 3. The first kappa shape index (κ1) is 19.7. The number of carbonyl (C=O) groups is 2. The number of rotatable bonds is 8. The molecule has 0 aliphatic heterocycles. The van der Waals surface area contributed by atoms with E-state index in [0.29, 0.717) is 17.4 Å². The minimum atomic E-state index is -0.968. The van der Waals surface area contributed by atoms with Gasteiger partial charge in [0.15, 0.2) is 0 Å². The second-order valence-corrected chi connectivity index (χ2v) is 5.51. The summed E-state index contributed by atoms with van der Waals surface area (Å²) in [6.07, 6.45) is 2.48. The number of hydrogen-bond acceptors (Lipinski definition) is 7. The number of esters is 1. The zero-order chi connectivity index (χ0) is 18.3. The van der Waals surface area contributed by atoms with Crippen LogP contribution in [-0.2, 0) is 14.3 Å². The van der Waals surface area contributed by atoms with Crippen LogP contribution < -0.4 is 4.74 Å². The minimum absolute atomic E-state index is 0.0365. The lowest BCUT2D eigenvalue weighted by Crippen LogP contribution is -2.39. The molecule has 2 N–H and O–H groups in total. The van der Waals surface area contributed by atoms with Gasteiger partial charge in [-0.05, 0) is 32.4 Å². The molecule has 0 saturated carbocycles. The van der Waals surface area contributed by atoms with Crippen molar-refractivity contribution in [3.05, 3.63) is 35.1 Å². The third kappa shape index (κ3) is 4.56. The summed E-state index contributed by atoms with van der Waals surface area (Å²) < 4.78 is 15.7. The molecule has 1 rings (SSSR count). The Bertz CT molecular complexity index is 630. The molecular formula is C17H22O7. The quantitative estimate of drug-likeness (QED) is 0.321. The van der Waals surface area contributed by atoms with Crippen LogP contribution in [0.15, 0.2) is 18.4 Å². The number of phenols is 1. The number of aromatic hydroxyl groups is 1. The lowest BCUT2D eigenvalue weighted by molar-refractivity contribution is -0.104. The standard InChI is InChI=1S/C17H22O7/c1-11-8-13(20)12(2)15(24-10-17(3,9-19)22-4)14(11)16(21)23-7-5-6-18/h5-8,19-20H,9-10H2,1-4H3/b7-5+/t17-/m0/s1. The van der Waals surface area contributed by atoms with Gasteiger partial charge in [-0.25, -0.2) is 4.79 Å². The molecule has 132 valence electrons. The highest BCUT2D eigenvalue weighted by Gasteiger charge is 2.27. The van der Waals surface area contributed by atoms with Gasteiger partial charge in [-0.15, -0.1) is 0 Å².